The monoisotopic (exact) mass is 460 g/mol. The molecule has 2 saturated heterocycles. The van der Waals surface area contributed by atoms with E-state index in [0.717, 1.165) is 44.6 Å². The van der Waals surface area contributed by atoms with Gasteiger partial charge in [-0.1, -0.05) is 12.1 Å². The Morgan fingerprint density at radius 2 is 1.94 bits per heavy atom. The van der Waals surface area contributed by atoms with Crippen molar-refractivity contribution in [2.45, 2.75) is 44.5 Å². The normalized spacial score (nSPS) is 25.8. The van der Waals surface area contributed by atoms with Crippen molar-refractivity contribution in [2.75, 3.05) is 26.2 Å². The van der Waals surface area contributed by atoms with Gasteiger partial charge in [-0.05, 0) is 55.2 Å². The zero-order valence-electron chi connectivity index (χ0n) is 17.6. The maximum atomic E-state index is 13.4. The molecule has 0 aromatic heterocycles. The molecule has 3 fully saturated rings. The number of benzene rings is 1. The highest BCUT2D eigenvalue weighted by molar-refractivity contribution is 5.78. The first-order valence-corrected chi connectivity index (χ1v) is 10.8. The lowest BCUT2D eigenvalue weighted by atomic mass is 9.83. The number of fused-ring (bicyclic) bond motifs is 1. The standard InChI is InChI=1S/C20H27FN2O2.C2HF3O2/c21-18-3-1-2-15(8-18)11-23-7-6-19-16(12-23)9-17(13-25-19)20(24)22-10-14-4-5-14;3-2(4,5)1(6)7/h1-3,8,14,16-17,19H,4-7,9-13H2,(H,22,24);(H,6,7)/t16-,17-,19+;/m1./s1. The molecule has 2 heterocycles. The maximum absolute atomic E-state index is 13.4. The molecule has 0 unspecified atom stereocenters. The minimum Gasteiger partial charge on any atom is -0.475 e. The molecule has 178 valence electrons. The number of rotatable bonds is 5. The number of piperidine rings is 1. The van der Waals surface area contributed by atoms with Crippen LogP contribution in [0.25, 0.3) is 0 Å². The second-order valence-electron chi connectivity index (χ2n) is 8.71. The molecule has 2 N–H and O–H groups in total. The summed E-state index contributed by atoms with van der Waals surface area (Å²) in [4.78, 5) is 23.6. The van der Waals surface area contributed by atoms with Gasteiger partial charge in [0.05, 0.1) is 18.6 Å². The van der Waals surface area contributed by atoms with Gasteiger partial charge in [-0.25, -0.2) is 9.18 Å². The van der Waals surface area contributed by atoms with Crippen LogP contribution < -0.4 is 5.32 Å². The average Bonchev–Trinajstić information content (AvgIpc) is 3.56. The lowest BCUT2D eigenvalue weighted by Crippen LogP contribution is -2.50. The first kappa shape index (κ1) is 24.4. The van der Waals surface area contributed by atoms with Gasteiger partial charge in [0.25, 0.3) is 0 Å². The van der Waals surface area contributed by atoms with Crippen LogP contribution in [0.15, 0.2) is 24.3 Å². The lowest BCUT2D eigenvalue weighted by molar-refractivity contribution is -0.192. The molecule has 1 aliphatic carbocycles. The number of amides is 1. The number of carbonyl (C=O) groups excluding carboxylic acids is 1. The Bertz CT molecular complexity index is 800. The number of ether oxygens (including phenoxy) is 1. The number of likely N-dealkylation sites (tertiary alicyclic amines) is 1. The van der Waals surface area contributed by atoms with Crippen LogP contribution in [-0.4, -0.2) is 60.4 Å². The predicted molar refractivity (Wildman–Crippen MR) is 107 cm³/mol. The summed E-state index contributed by atoms with van der Waals surface area (Å²) in [7, 11) is 0. The van der Waals surface area contributed by atoms with Crippen LogP contribution in [0.3, 0.4) is 0 Å². The topological polar surface area (TPSA) is 78.9 Å². The first-order valence-electron chi connectivity index (χ1n) is 10.8. The van der Waals surface area contributed by atoms with Crippen molar-refractivity contribution in [3.8, 4) is 0 Å². The number of carboxylic acid groups (broad SMARTS) is 1. The zero-order chi connectivity index (χ0) is 23.3. The van der Waals surface area contributed by atoms with E-state index in [4.69, 9.17) is 14.6 Å². The molecule has 1 aromatic rings. The molecule has 1 amide bonds. The molecule has 0 spiro atoms. The van der Waals surface area contributed by atoms with E-state index in [2.05, 4.69) is 10.2 Å². The fourth-order valence-corrected chi connectivity index (χ4v) is 4.14. The quantitative estimate of drug-likeness (QED) is 0.660. The van der Waals surface area contributed by atoms with E-state index < -0.39 is 12.1 Å². The van der Waals surface area contributed by atoms with Gasteiger partial charge in [-0.15, -0.1) is 0 Å². The van der Waals surface area contributed by atoms with Crippen molar-refractivity contribution < 1.29 is 37.0 Å². The van der Waals surface area contributed by atoms with Gasteiger partial charge in [-0.3, -0.25) is 9.69 Å². The van der Waals surface area contributed by atoms with E-state index in [0.29, 0.717) is 18.4 Å². The average molecular weight is 460 g/mol. The summed E-state index contributed by atoms with van der Waals surface area (Å²) >= 11 is 0. The lowest BCUT2D eigenvalue weighted by Gasteiger charge is -2.43. The highest BCUT2D eigenvalue weighted by atomic mass is 19.4. The van der Waals surface area contributed by atoms with Crippen molar-refractivity contribution >= 4 is 11.9 Å². The van der Waals surface area contributed by atoms with Gasteiger partial charge in [0.15, 0.2) is 0 Å². The minimum atomic E-state index is -5.08. The van der Waals surface area contributed by atoms with Crippen LogP contribution in [0.1, 0.15) is 31.2 Å². The third kappa shape index (κ3) is 7.44. The Hall–Kier alpha value is -2.20. The van der Waals surface area contributed by atoms with E-state index in [1.54, 1.807) is 12.1 Å². The minimum absolute atomic E-state index is 0.0193. The Morgan fingerprint density at radius 3 is 2.56 bits per heavy atom. The SMILES string of the molecule is O=C(NCC1CC1)[C@H]1CO[C@H]2CCN(Cc3cccc(F)c3)C[C@H]2C1.O=C(O)C(F)(F)F. The zero-order valence-corrected chi connectivity index (χ0v) is 17.6. The number of aliphatic carboxylic acids is 1. The van der Waals surface area contributed by atoms with Crippen LogP contribution in [0.5, 0.6) is 0 Å². The predicted octanol–water partition coefficient (Wildman–Crippen LogP) is 3.21. The highest BCUT2D eigenvalue weighted by Gasteiger charge is 2.39. The number of hydrogen-bond acceptors (Lipinski definition) is 4. The molecule has 1 aromatic carbocycles. The number of nitrogens with zero attached hydrogens (tertiary/aromatic N) is 1. The fourth-order valence-electron chi connectivity index (χ4n) is 4.14. The molecule has 3 atom stereocenters. The van der Waals surface area contributed by atoms with Crippen LogP contribution in [0.2, 0.25) is 0 Å². The van der Waals surface area contributed by atoms with Gasteiger partial charge in [0, 0.05) is 26.2 Å². The number of alkyl halides is 3. The van der Waals surface area contributed by atoms with Gasteiger partial charge >= 0.3 is 12.1 Å². The third-order valence-electron chi connectivity index (χ3n) is 6.02. The largest absolute Gasteiger partial charge is 0.490 e. The smallest absolute Gasteiger partial charge is 0.475 e. The molecule has 32 heavy (non-hydrogen) atoms. The van der Waals surface area contributed by atoms with Crippen molar-refractivity contribution in [1.82, 2.24) is 10.2 Å². The number of carbonyl (C=O) groups is 2. The molecule has 0 radical (unpaired) electrons. The summed E-state index contributed by atoms with van der Waals surface area (Å²) < 4.78 is 51.1. The van der Waals surface area contributed by atoms with Crippen molar-refractivity contribution in [3.63, 3.8) is 0 Å². The van der Waals surface area contributed by atoms with Crippen molar-refractivity contribution in [3.05, 3.63) is 35.6 Å². The Kier molecular flexibility index (Phi) is 8.10. The Morgan fingerprint density at radius 1 is 1.22 bits per heavy atom. The maximum Gasteiger partial charge on any atom is 0.490 e. The molecular weight excluding hydrogens is 432 g/mol. The highest BCUT2D eigenvalue weighted by Crippen LogP contribution is 2.32. The van der Waals surface area contributed by atoms with E-state index >= 15 is 0 Å². The van der Waals surface area contributed by atoms with Crippen LogP contribution in [-0.2, 0) is 20.9 Å². The molecule has 1 saturated carbocycles. The van der Waals surface area contributed by atoms with Crippen LogP contribution in [0.4, 0.5) is 17.6 Å². The molecule has 2 aliphatic heterocycles. The van der Waals surface area contributed by atoms with Gasteiger partial charge in [0.1, 0.15) is 5.82 Å². The number of halogens is 4. The van der Waals surface area contributed by atoms with E-state index in [1.807, 2.05) is 6.07 Å². The summed E-state index contributed by atoms with van der Waals surface area (Å²) in [5.41, 5.74) is 1.01. The molecular formula is C22H28F4N2O4. The Labute approximate surface area is 183 Å². The van der Waals surface area contributed by atoms with Gasteiger partial charge < -0.3 is 15.2 Å². The third-order valence-corrected chi connectivity index (χ3v) is 6.02. The second kappa shape index (κ2) is 10.6. The number of hydrogen-bond donors (Lipinski definition) is 2. The summed E-state index contributed by atoms with van der Waals surface area (Å²) in [5.74, 6) is -1.69. The summed E-state index contributed by atoms with van der Waals surface area (Å²) in [6.07, 6.45) is -0.407. The fraction of sp³-hybridized carbons (Fsp3) is 0.636. The second-order valence-corrected chi connectivity index (χ2v) is 8.71. The van der Waals surface area contributed by atoms with Crippen molar-refractivity contribution in [2.24, 2.45) is 17.8 Å². The van der Waals surface area contributed by atoms with E-state index in [-0.39, 0.29) is 23.7 Å². The Balaban J connectivity index is 0.000000360. The molecule has 3 aliphatic rings. The van der Waals surface area contributed by atoms with Gasteiger partial charge in [0.2, 0.25) is 5.91 Å². The number of carboxylic acids is 1. The van der Waals surface area contributed by atoms with E-state index in [1.165, 1.54) is 18.9 Å². The molecule has 4 rings (SSSR count). The number of nitrogens with one attached hydrogen (secondary N) is 1. The molecule has 10 heteroatoms. The summed E-state index contributed by atoms with van der Waals surface area (Å²) in [5, 5.41) is 10.2. The first-order chi connectivity index (χ1) is 15.1. The van der Waals surface area contributed by atoms with Crippen molar-refractivity contribution in [1.29, 1.82) is 0 Å². The van der Waals surface area contributed by atoms with Crippen LogP contribution >= 0.6 is 0 Å². The molecule has 6 nitrogen and oxygen atoms in total. The molecule has 0 bridgehead atoms. The van der Waals surface area contributed by atoms with Crippen LogP contribution in [0, 0.1) is 23.6 Å². The van der Waals surface area contributed by atoms with E-state index in [9.17, 15) is 22.4 Å². The summed E-state index contributed by atoms with van der Waals surface area (Å²) in [6.45, 7) is 4.04. The summed E-state index contributed by atoms with van der Waals surface area (Å²) in [6, 6.07) is 6.83. The van der Waals surface area contributed by atoms with Gasteiger partial charge in [-0.2, -0.15) is 13.2 Å².